The number of thiocarbonyl (C=S) groups is 1. The Morgan fingerprint density at radius 3 is 2.69 bits per heavy atom. The van der Waals surface area contributed by atoms with Crippen LogP contribution in [0.25, 0.3) is 6.08 Å². The van der Waals surface area contributed by atoms with Crippen molar-refractivity contribution < 1.29 is 23.8 Å². The molecular formula is C21H17FN2O4S. The van der Waals surface area contributed by atoms with Gasteiger partial charge in [0.25, 0.3) is 11.8 Å². The zero-order valence-electron chi connectivity index (χ0n) is 15.4. The van der Waals surface area contributed by atoms with Crippen LogP contribution in [0.2, 0.25) is 0 Å². The van der Waals surface area contributed by atoms with E-state index in [1.54, 1.807) is 18.2 Å². The molecule has 1 saturated heterocycles. The Labute approximate surface area is 171 Å². The molecular weight excluding hydrogens is 395 g/mol. The van der Waals surface area contributed by atoms with Crippen LogP contribution < -0.4 is 15.0 Å². The first-order valence-electron chi connectivity index (χ1n) is 8.54. The second-order valence-corrected chi connectivity index (χ2v) is 6.52. The molecule has 1 fully saturated rings. The van der Waals surface area contributed by atoms with Gasteiger partial charge in [0.05, 0.1) is 12.8 Å². The maximum absolute atomic E-state index is 14.2. The van der Waals surface area contributed by atoms with E-state index in [4.69, 9.17) is 17.0 Å². The summed E-state index contributed by atoms with van der Waals surface area (Å²) in [6.45, 7) is 3.64. The molecule has 0 bridgehead atoms. The number of ether oxygens (including phenoxy) is 1. The van der Waals surface area contributed by atoms with Gasteiger partial charge in [-0.3, -0.25) is 14.9 Å². The molecule has 3 rings (SSSR count). The number of allylic oxidation sites excluding steroid dienone is 1. The Morgan fingerprint density at radius 1 is 1.31 bits per heavy atom. The van der Waals surface area contributed by atoms with Gasteiger partial charge in [0.2, 0.25) is 0 Å². The van der Waals surface area contributed by atoms with Crippen LogP contribution in [0.4, 0.5) is 10.1 Å². The molecule has 2 aromatic rings. The van der Waals surface area contributed by atoms with Crippen molar-refractivity contribution in [2.75, 3.05) is 12.0 Å². The maximum atomic E-state index is 14.2. The molecule has 0 saturated carbocycles. The normalized spacial score (nSPS) is 15.4. The van der Waals surface area contributed by atoms with Gasteiger partial charge in [0.1, 0.15) is 11.4 Å². The number of phenolic OH excluding ortho intramolecular Hbond substituents is 1. The molecule has 0 radical (unpaired) electrons. The van der Waals surface area contributed by atoms with E-state index in [1.807, 2.05) is 0 Å². The topological polar surface area (TPSA) is 78.9 Å². The van der Waals surface area contributed by atoms with E-state index in [0.717, 1.165) is 4.90 Å². The van der Waals surface area contributed by atoms with Crippen molar-refractivity contribution in [1.29, 1.82) is 0 Å². The van der Waals surface area contributed by atoms with Crippen LogP contribution in [0.15, 0.2) is 54.6 Å². The molecule has 6 nitrogen and oxygen atoms in total. The molecule has 0 spiro atoms. The van der Waals surface area contributed by atoms with Crippen molar-refractivity contribution in [2.45, 2.75) is 6.42 Å². The Balaban J connectivity index is 2.09. The SMILES string of the molecule is C=CCc1cc(/C=C2\C(=O)NC(=S)N(c3ccccc3F)C2=O)cc(OC)c1O. The zero-order valence-corrected chi connectivity index (χ0v) is 16.3. The molecule has 1 aliphatic rings. The molecule has 2 N–H and O–H groups in total. The van der Waals surface area contributed by atoms with Crippen LogP contribution in [-0.2, 0) is 16.0 Å². The molecule has 0 atom stereocenters. The van der Waals surface area contributed by atoms with Crippen LogP contribution in [0, 0.1) is 5.82 Å². The number of para-hydroxylation sites is 1. The van der Waals surface area contributed by atoms with Crippen LogP contribution >= 0.6 is 12.2 Å². The number of carbonyl (C=O) groups is 2. The number of nitrogens with zero attached hydrogens (tertiary/aromatic N) is 1. The summed E-state index contributed by atoms with van der Waals surface area (Å²) in [5, 5.41) is 12.4. The van der Waals surface area contributed by atoms with Gasteiger partial charge >= 0.3 is 0 Å². The number of amides is 2. The molecule has 8 heteroatoms. The first-order valence-corrected chi connectivity index (χ1v) is 8.95. The second kappa shape index (κ2) is 8.24. The number of halogens is 1. The smallest absolute Gasteiger partial charge is 0.270 e. The van der Waals surface area contributed by atoms with E-state index >= 15 is 0 Å². The highest BCUT2D eigenvalue weighted by molar-refractivity contribution is 7.80. The van der Waals surface area contributed by atoms with Crippen molar-refractivity contribution in [3.63, 3.8) is 0 Å². The molecule has 0 aliphatic carbocycles. The third kappa shape index (κ3) is 3.88. The van der Waals surface area contributed by atoms with Crippen LogP contribution in [0.1, 0.15) is 11.1 Å². The highest BCUT2D eigenvalue weighted by atomic mass is 32.1. The van der Waals surface area contributed by atoms with Crippen molar-refractivity contribution in [3.8, 4) is 11.5 Å². The average Bonchev–Trinajstić information content (AvgIpc) is 2.68. The van der Waals surface area contributed by atoms with Gasteiger partial charge in [0, 0.05) is 5.56 Å². The lowest BCUT2D eigenvalue weighted by atomic mass is 10.0. The summed E-state index contributed by atoms with van der Waals surface area (Å²) in [6, 6.07) is 8.71. The molecule has 0 unspecified atom stereocenters. The number of methoxy groups -OCH3 is 1. The van der Waals surface area contributed by atoms with Crippen LogP contribution in [0.5, 0.6) is 11.5 Å². The van der Waals surface area contributed by atoms with E-state index in [9.17, 15) is 19.1 Å². The quantitative estimate of drug-likeness (QED) is 0.342. The molecule has 1 heterocycles. The zero-order chi connectivity index (χ0) is 21.1. The van der Waals surface area contributed by atoms with Crippen molar-refractivity contribution in [1.82, 2.24) is 5.32 Å². The number of benzene rings is 2. The number of nitrogens with one attached hydrogen (secondary N) is 1. The summed E-state index contributed by atoms with van der Waals surface area (Å²) < 4.78 is 19.4. The second-order valence-electron chi connectivity index (χ2n) is 6.13. The van der Waals surface area contributed by atoms with Gasteiger partial charge in [-0.1, -0.05) is 18.2 Å². The fourth-order valence-electron chi connectivity index (χ4n) is 2.92. The van der Waals surface area contributed by atoms with Crippen molar-refractivity contribution in [3.05, 3.63) is 71.6 Å². The third-order valence-corrected chi connectivity index (χ3v) is 4.55. The van der Waals surface area contributed by atoms with E-state index in [-0.39, 0.29) is 27.9 Å². The van der Waals surface area contributed by atoms with Crippen LogP contribution in [-0.4, -0.2) is 29.1 Å². The fourth-order valence-corrected chi connectivity index (χ4v) is 3.19. The summed E-state index contributed by atoms with van der Waals surface area (Å²) in [7, 11) is 1.39. The lowest BCUT2D eigenvalue weighted by Gasteiger charge is -2.29. The summed E-state index contributed by atoms with van der Waals surface area (Å²) in [5.74, 6) is -1.99. The van der Waals surface area contributed by atoms with E-state index < -0.39 is 17.6 Å². The van der Waals surface area contributed by atoms with Crippen molar-refractivity contribution >= 4 is 40.9 Å². The standard InChI is InChI=1S/C21H17FN2O4S/c1-3-6-13-9-12(11-17(28-2)18(13)25)10-14-19(26)23-21(29)24(20(14)27)16-8-5-4-7-15(16)22/h3-5,7-11,25H,1,6H2,2H3,(H,23,26,29)/b14-10+. The molecule has 2 aromatic carbocycles. The Morgan fingerprint density at radius 2 is 2.03 bits per heavy atom. The molecule has 2 amide bonds. The summed E-state index contributed by atoms with van der Waals surface area (Å²) in [6.07, 6.45) is 3.29. The number of anilines is 1. The third-order valence-electron chi connectivity index (χ3n) is 4.27. The maximum Gasteiger partial charge on any atom is 0.270 e. The number of phenols is 1. The first kappa shape index (κ1) is 20.2. The number of hydrogen-bond donors (Lipinski definition) is 2. The fraction of sp³-hybridized carbons (Fsp3) is 0.0952. The largest absolute Gasteiger partial charge is 0.504 e. The Hall–Kier alpha value is -3.52. The minimum Gasteiger partial charge on any atom is -0.504 e. The lowest BCUT2D eigenvalue weighted by Crippen LogP contribution is -2.54. The van der Waals surface area contributed by atoms with E-state index in [0.29, 0.717) is 17.5 Å². The predicted molar refractivity (Wildman–Crippen MR) is 111 cm³/mol. The van der Waals surface area contributed by atoms with Gasteiger partial charge in [-0.2, -0.15) is 0 Å². The summed E-state index contributed by atoms with van der Waals surface area (Å²) in [4.78, 5) is 26.3. The molecule has 1 aliphatic heterocycles. The van der Waals surface area contributed by atoms with Gasteiger partial charge in [-0.15, -0.1) is 6.58 Å². The van der Waals surface area contributed by atoms with Gasteiger partial charge in [0.15, 0.2) is 16.6 Å². The highest BCUT2D eigenvalue weighted by Gasteiger charge is 2.35. The van der Waals surface area contributed by atoms with Gasteiger partial charge in [-0.25, -0.2) is 9.29 Å². The number of carbonyl (C=O) groups excluding carboxylic acids is 2. The molecule has 29 heavy (non-hydrogen) atoms. The molecule has 148 valence electrons. The molecule has 0 aromatic heterocycles. The number of aromatic hydroxyl groups is 1. The monoisotopic (exact) mass is 412 g/mol. The minimum absolute atomic E-state index is 0.0527. The van der Waals surface area contributed by atoms with E-state index in [2.05, 4.69) is 11.9 Å². The number of hydrogen-bond acceptors (Lipinski definition) is 5. The summed E-state index contributed by atoms with van der Waals surface area (Å²) in [5.41, 5.74) is 0.649. The van der Waals surface area contributed by atoms with Gasteiger partial charge < -0.3 is 9.84 Å². The van der Waals surface area contributed by atoms with Crippen LogP contribution in [0.3, 0.4) is 0 Å². The van der Waals surface area contributed by atoms with E-state index in [1.165, 1.54) is 37.5 Å². The van der Waals surface area contributed by atoms with Crippen molar-refractivity contribution in [2.24, 2.45) is 0 Å². The number of rotatable bonds is 5. The average molecular weight is 412 g/mol. The Bertz CT molecular complexity index is 1060. The lowest BCUT2D eigenvalue weighted by molar-refractivity contribution is -0.122. The Kier molecular flexibility index (Phi) is 5.74. The predicted octanol–water partition coefficient (Wildman–Crippen LogP) is 3.10. The highest BCUT2D eigenvalue weighted by Crippen LogP contribution is 2.33. The minimum atomic E-state index is -0.763. The summed E-state index contributed by atoms with van der Waals surface area (Å²) >= 11 is 5.07. The first-order chi connectivity index (χ1) is 13.9. The van der Waals surface area contributed by atoms with Gasteiger partial charge in [-0.05, 0) is 54.5 Å².